The second-order valence-electron chi connectivity index (χ2n) is 7.23. The number of nitrogens with zero attached hydrogens (tertiary/aromatic N) is 1. The zero-order valence-corrected chi connectivity index (χ0v) is 15.3. The Kier molecular flexibility index (Phi) is 5.03. The van der Waals surface area contributed by atoms with Crippen LogP contribution in [0.2, 0.25) is 0 Å². The lowest BCUT2D eigenvalue weighted by molar-refractivity contribution is 0.102. The van der Waals surface area contributed by atoms with Crippen molar-refractivity contribution >= 4 is 23.0 Å². The number of pyridine rings is 1. The molecule has 0 unspecified atom stereocenters. The fourth-order valence-corrected chi connectivity index (χ4v) is 2.57. The minimum absolute atomic E-state index is 0.0755. The smallest absolute Gasteiger partial charge is 0.255 e. The molecule has 3 rings (SSSR count). The minimum Gasteiger partial charge on any atom is -0.354 e. The van der Waals surface area contributed by atoms with Gasteiger partial charge >= 0.3 is 0 Å². The van der Waals surface area contributed by atoms with Crippen molar-refractivity contribution < 1.29 is 4.79 Å². The van der Waals surface area contributed by atoms with Gasteiger partial charge in [0.2, 0.25) is 0 Å². The van der Waals surface area contributed by atoms with E-state index in [2.05, 4.69) is 36.4 Å². The monoisotopic (exact) mass is 345 g/mol. The van der Waals surface area contributed by atoms with Gasteiger partial charge in [-0.25, -0.2) is 0 Å². The highest BCUT2D eigenvalue weighted by Crippen LogP contribution is 2.23. The molecule has 2 aromatic carbocycles. The van der Waals surface area contributed by atoms with Crippen LogP contribution in [0.3, 0.4) is 0 Å². The maximum atomic E-state index is 12.4. The van der Waals surface area contributed by atoms with Crippen LogP contribution in [-0.4, -0.2) is 10.9 Å². The lowest BCUT2D eigenvalue weighted by Crippen LogP contribution is -2.14. The van der Waals surface area contributed by atoms with Crippen LogP contribution in [0.15, 0.2) is 73.1 Å². The number of hydrogen-bond donors (Lipinski definition) is 2. The van der Waals surface area contributed by atoms with Crippen LogP contribution in [-0.2, 0) is 5.41 Å². The molecule has 1 aromatic heterocycles. The first-order valence-corrected chi connectivity index (χ1v) is 8.61. The number of aromatic nitrogens is 1. The molecule has 4 nitrogen and oxygen atoms in total. The Morgan fingerprint density at radius 2 is 1.50 bits per heavy atom. The Labute approximate surface area is 154 Å². The quantitative estimate of drug-likeness (QED) is 0.668. The summed E-state index contributed by atoms with van der Waals surface area (Å²) in [5, 5.41) is 6.19. The summed E-state index contributed by atoms with van der Waals surface area (Å²) in [6.07, 6.45) is 3.49. The van der Waals surface area contributed by atoms with Gasteiger partial charge in [-0.2, -0.15) is 0 Å². The highest BCUT2D eigenvalue weighted by molar-refractivity contribution is 6.04. The number of rotatable bonds is 4. The van der Waals surface area contributed by atoms with E-state index in [1.54, 1.807) is 12.4 Å². The van der Waals surface area contributed by atoms with Crippen LogP contribution in [0.1, 0.15) is 36.7 Å². The van der Waals surface area contributed by atoms with Crippen LogP contribution in [0.4, 0.5) is 17.1 Å². The zero-order valence-electron chi connectivity index (χ0n) is 15.3. The van der Waals surface area contributed by atoms with Crippen LogP contribution < -0.4 is 10.6 Å². The number of anilines is 3. The molecule has 0 aliphatic heterocycles. The summed E-state index contributed by atoms with van der Waals surface area (Å²) in [4.78, 5) is 16.5. The van der Waals surface area contributed by atoms with Gasteiger partial charge in [0, 0.05) is 23.1 Å². The van der Waals surface area contributed by atoms with Gasteiger partial charge in [0.15, 0.2) is 0 Å². The van der Waals surface area contributed by atoms with Gasteiger partial charge in [0.25, 0.3) is 5.91 Å². The third-order valence-corrected chi connectivity index (χ3v) is 4.11. The first kappa shape index (κ1) is 17.7. The van der Waals surface area contributed by atoms with Gasteiger partial charge in [0.05, 0.1) is 11.9 Å². The van der Waals surface area contributed by atoms with Gasteiger partial charge in [0.1, 0.15) is 0 Å². The Bertz CT molecular complexity index is 864. The predicted octanol–water partition coefficient (Wildman–Crippen LogP) is 5.38. The molecule has 2 N–H and O–H groups in total. The summed E-state index contributed by atoms with van der Waals surface area (Å²) in [5.74, 6) is -0.113. The Morgan fingerprint density at radius 3 is 2.08 bits per heavy atom. The highest BCUT2D eigenvalue weighted by Gasteiger charge is 2.14. The first-order chi connectivity index (χ1) is 12.4. The predicted molar refractivity (Wildman–Crippen MR) is 107 cm³/mol. The molecule has 0 radical (unpaired) electrons. The van der Waals surface area contributed by atoms with Crippen molar-refractivity contribution in [2.45, 2.75) is 26.2 Å². The fourth-order valence-electron chi connectivity index (χ4n) is 2.57. The molecule has 0 aliphatic rings. The lowest BCUT2D eigenvalue weighted by atomic mass is 9.87. The van der Waals surface area contributed by atoms with Crippen molar-refractivity contribution in [1.29, 1.82) is 0 Å². The fraction of sp³-hybridized carbons (Fsp3) is 0.182. The Hall–Kier alpha value is -3.14. The summed E-state index contributed by atoms with van der Waals surface area (Å²) < 4.78 is 0. The molecule has 0 aliphatic carbocycles. The number of benzene rings is 2. The first-order valence-electron chi connectivity index (χ1n) is 8.61. The maximum Gasteiger partial charge on any atom is 0.255 e. The average Bonchev–Trinajstić information content (AvgIpc) is 2.63. The SMILES string of the molecule is CC(C)(C)c1ccc(C(=O)Nc2ccc(Nc3cccnc3)cc2)cc1. The van der Waals surface area contributed by atoms with Gasteiger partial charge in [-0.15, -0.1) is 0 Å². The van der Waals surface area contributed by atoms with Gasteiger partial charge in [-0.1, -0.05) is 32.9 Å². The van der Waals surface area contributed by atoms with E-state index >= 15 is 0 Å². The second kappa shape index (κ2) is 7.40. The lowest BCUT2D eigenvalue weighted by Gasteiger charge is -2.19. The zero-order chi connectivity index (χ0) is 18.6. The molecule has 132 valence electrons. The summed E-state index contributed by atoms with van der Waals surface area (Å²) in [5.41, 5.74) is 4.54. The normalized spacial score (nSPS) is 11.0. The third-order valence-electron chi connectivity index (χ3n) is 4.11. The maximum absolute atomic E-state index is 12.4. The highest BCUT2D eigenvalue weighted by atomic mass is 16.1. The molecule has 0 fully saturated rings. The van der Waals surface area contributed by atoms with E-state index in [0.717, 1.165) is 17.1 Å². The number of carbonyl (C=O) groups is 1. The number of hydrogen-bond acceptors (Lipinski definition) is 3. The second-order valence-corrected chi connectivity index (χ2v) is 7.23. The van der Waals surface area contributed by atoms with Crippen LogP contribution >= 0.6 is 0 Å². The van der Waals surface area contributed by atoms with Crippen LogP contribution in [0.5, 0.6) is 0 Å². The average molecular weight is 345 g/mol. The number of carbonyl (C=O) groups excluding carboxylic acids is 1. The molecule has 3 aromatic rings. The van der Waals surface area contributed by atoms with Crippen molar-refractivity contribution in [3.05, 3.63) is 84.2 Å². The van der Waals surface area contributed by atoms with Gasteiger partial charge in [-0.05, 0) is 59.5 Å². The van der Waals surface area contributed by atoms with Crippen LogP contribution in [0, 0.1) is 0 Å². The molecule has 26 heavy (non-hydrogen) atoms. The molecular formula is C22H23N3O. The summed E-state index contributed by atoms with van der Waals surface area (Å²) in [7, 11) is 0. The third kappa shape index (κ3) is 4.48. The van der Waals surface area contributed by atoms with Crippen molar-refractivity contribution in [3.63, 3.8) is 0 Å². The molecule has 0 saturated heterocycles. The molecule has 0 atom stereocenters. The Balaban J connectivity index is 1.64. The van der Waals surface area contributed by atoms with Gasteiger partial charge < -0.3 is 10.6 Å². The van der Waals surface area contributed by atoms with Crippen LogP contribution in [0.25, 0.3) is 0 Å². The van der Waals surface area contributed by atoms with E-state index in [4.69, 9.17) is 0 Å². The van der Waals surface area contributed by atoms with Crippen molar-refractivity contribution in [1.82, 2.24) is 4.98 Å². The van der Waals surface area contributed by atoms with E-state index < -0.39 is 0 Å². The van der Waals surface area contributed by atoms with Crippen molar-refractivity contribution in [2.75, 3.05) is 10.6 Å². The number of amides is 1. The van der Waals surface area contributed by atoms with E-state index in [-0.39, 0.29) is 11.3 Å². The topological polar surface area (TPSA) is 54.0 Å². The molecule has 1 heterocycles. The molecule has 0 saturated carbocycles. The molecule has 1 amide bonds. The largest absolute Gasteiger partial charge is 0.354 e. The van der Waals surface area contributed by atoms with Gasteiger partial charge in [-0.3, -0.25) is 9.78 Å². The molecule has 0 spiro atoms. The van der Waals surface area contributed by atoms with Crippen molar-refractivity contribution in [2.24, 2.45) is 0 Å². The van der Waals surface area contributed by atoms with E-state index in [9.17, 15) is 4.79 Å². The number of nitrogens with one attached hydrogen (secondary N) is 2. The molecular weight excluding hydrogens is 322 g/mol. The van der Waals surface area contributed by atoms with E-state index in [1.165, 1.54) is 5.56 Å². The Morgan fingerprint density at radius 1 is 0.846 bits per heavy atom. The summed E-state index contributed by atoms with van der Waals surface area (Å²) in [6.45, 7) is 6.47. The summed E-state index contributed by atoms with van der Waals surface area (Å²) >= 11 is 0. The van der Waals surface area contributed by atoms with E-state index in [0.29, 0.717) is 5.56 Å². The minimum atomic E-state index is -0.113. The summed E-state index contributed by atoms with van der Waals surface area (Å²) in [6, 6.07) is 19.2. The van der Waals surface area contributed by atoms with Crippen molar-refractivity contribution in [3.8, 4) is 0 Å². The molecule has 0 bridgehead atoms. The molecule has 4 heteroatoms. The van der Waals surface area contributed by atoms with E-state index in [1.807, 2.05) is 60.7 Å². The standard InChI is InChI=1S/C22H23N3O/c1-22(2,3)17-8-6-16(7-9-17)21(26)25-19-12-10-18(11-13-19)24-20-5-4-14-23-15-20/h4-15,24H,1-3H3,(H,25,26).